The Hall–Kier alpha value is -3.18. The van der Waals surface area contributed by atoms with Gasteiger partial charge in [-0.25, -0.2) is 0 Å². The highest BCUT2D eigenvalue weighted by molar-refractivity contribution is 5.68. The molecule has 1 heterocycles. The number of rotatable bonds is 8. The second-order valence-electron chi connectivity index (χ2n) is 6.51. The highest BCUT2D eigenvalue weighted by Gasteiger charge is 2.53. The van der Waals surface area contributed by atoms with Crippen LogP contribution in [0.4, 0.5) is 0 Å². The van der Waals surface area contributed by atoms with Gasteiger partial charge in [-0.1, -0.05) is 12.1 Å². The zero-order chi connectivity index (χ0) is 26.7. The number of hydrogen-bond donors (Lipinski definition) is 1. The van der Waals surface area contributed by atoms with Crippen molar-refractivity contribution in [2.45, 2.75) is 64.9 Å². The number of carbonyl (C=O) groups excluding carboxylic acids is 4. The van der Waals surface area contributed by atoms with Gasteiger partial charge in [-0.15, -0.1) is 0 Å². The lowest BCUT2D eigenvalue weighted by Crippen LogP contribution is -2.63. The summed E-state index contributed by atoms with van der Waals surface area (Å²) in [6.45, 7) is -4.05. The van der Waals surface area contributed by atoms with E-state index in [0.717, 1.165) is 0 Å². The molecule has 0 amide bonds. The number of hydrogen-bond acceptors (Lipinski definition) is 11. The summed E-state index contributed by atoms with van der Waals surface area (Å²) in [6.07, 6.45) is -7.73. The second-order valence-corrected chi connectivity index (χ2v) is 6.51. The van der Waals surface area contributed by atoms with Crippen molar-refractivity contribution in [1.82, 2.24) is 0 Å². The van der Waals surface area contributed by atoms with Gasteiger partial charge >= 0.3 is 23.9 Å². The van der Waals surface area contributed by atoms with E-state index in [9.17, 15) is 24.3 Å². The summed E-state index contributed by atoms with van der Waals surface area (Å²) in [6, 6.07) is 5.99. The summed E-state index contributed by atoms with van der Waals surface area (Å²) in [5, 5.41) is 9.23. The van der Waals surface area contributed by atoms with Gasteiger partial charge in [-0.3, -0.25) is 19.2 Å². The number of ether oxygens (including phenoxy) is 6. The van der Waals surface area contributed by atoms with Crippen molar-refractivity contribution in [1.29, 1.82) is 0 Å². The highest BCUT2D eigenvalue weighted by Crippen LogP contribution is 2.31. The third-order valence-corrected chi connectivity index (χ3v) is 4.16. The van der Waals surface area contributed by atoms with Gasteiger partial charge in [0.15, 0.2) is 12.2 Å². The number of aliphatic hydroxyl groups excluding tert-OH is 1. The Balaban J connectivity index is 2.48. The Bertz CT molecular complexity index is 898. The number of carbonyl (C=O) groups is 4. The molecule has 32 heavy (non-hydrogen) atoms. The predicted octanol–water partition coefficient (Wildman–Crippen LogP) is 0.641. The average Bonchev–Trinajstić information content (AvgIpc) is 2.90. The molecule has 0 spiro atoms. The first-order chi connectivity index (χ1) is 17.3. The van der Waals surface area contributed by atoms with Crippen LogP contribution in [0.25, 0.3) is 0 Å². The van der Waals surface area contributed by atoms with Gasteiger partial charge in [-0.05, 0) is 17.7 Å². The number of aliphatic hydroxyl groups is 1. The molecule has 1 unspecified atom stereocenters. The first kappa shape index (κ1) is 19.5. The van der Waals surface area contributed by atoms with Crippen LogP contribution < -0.4 is 4.74 Å². The minimum Gasteiger partial charge on any atom is -0.463 e. The molecule has 11 heteroatoms. The largest absolute Gasteiger partial charge is 0.463 e. The van der Waals surface area contributed by atoms with E-state index >= 15 is 0 Å². The van der Waals surface area contributed by atoms with Crippen molar-refractivity contribution < 1.29 is 58.2 Å². The van der Waals surface area contributed by atoms with Crippen LogP contribution in [0.2, 0.25) is 0 Å². The van der Waals surface area contributed by atoms with Crippen LogP contribution in [0.5, 0.6) is 5.75 Å². The third kappa shape index (κ3) is 7.20. The predicted molar refractivity (Wildman–Crippen MR) is 105 cm³/mol. The average molecular weight is 458 g/mol. The summed E-state index contributed by atoms with van der Waals surface area (Å²) < 4.78 is 61.0. The number of esters is 4. The lowest BCUT2D eigenvalue weighted by Gasteiger charge is -2.43. The van der Waals surface area contributed by atoms with E-state index in [1.165, 1.54) is 24.3 Å². The smallest absolute Gasteiger partial charge is 0.303 e. The van der Waals surface area contributed by atoms with Crippen molar-refractivity contribution in [3.63, 3.8) is 0 Å². The van der Waals surface area contributed by atoms with Crippen molar-refractivity contribution in [3.05, 3.63) is 29.8 Å². The maximum atomic E-state index is 12.1. The van der Waals surface area contributed by atoms with Gasteiger partial charge in [0, 0.05) is 33.1 Å². The van der Waals surface area contributed by atoms with Crippen LogP contribution in [0.3, 0.4) is 0 Å². The molecular weight excluding hydrogens is 428 g/mol. The molecule has 1 aromatic carbocycles. The molecule has 1 N–H and O–H groups in total. The second kappa shape index (κ2) is 11.4. The standard InChI is InChI=1S/C21H26O11/c1-11(23)27-10-17-18(28-12(2)24)19(29-13(3)25)20(30-14(4)26)21(32-17)31-16-7-5-15(9-22)6-8-16/h5-8,17-22H,9-10H2,1-4H3/t17-,18+,19+,20-,21?/m1/s1/i1D,2D,3D,4D. The maximum absolute atomic E-state index is 12.1. The van der Waals surface area contributed by atoms with E-state index in [1.54, 1.807) is 0 Å². The Kier molecular flexibility index (Phi) is 6.97. The molecule has 1 aliphatic heterocycles. The summed E-state index contributed by atoms with van der Waals surface area (Å²) >= 11 is 0. The molecule has 5 atom stereocenters. The highest BCUT2D eigenvalue weighted by atomic mass is 16.7. The summed E-state index contributed by atoms with van der Waals surface area (Å²) in [7, 11) is 0. The fourth-order valence-corrected chi connectivity index (χ4v) is 2.95. The first-order valence-corrected chi connectivity index (χ1v) is 9.19. The Labute approximate surface area is 190 Å². The normalized spacial score (nSPS) is 26.3. The summed E-state index contributed by atoms with van der Waals surface area (Å²) in [5.74, 6) is -4.00. The van der Waals surface area contributed by atoms with E-state index in [4.69, 9.17) is 33.9 Å². The van der Waals surface area contributed by atoms with E-state index in [1.807, 2.05) is 0 Å². The molecule has 1 aliphatic rings. The maximum Gasteiger partial charge on any atom is 0.303 e. The molecule has 0 radical (unpaired) electrons. The molecule has 176 valence electrons. The van der Waals surface area contributed by atoms with E-state index < -0.39 is 88.8 Å². The van der Waals surface area contributed by atoms with Crippen molar-refractivity contribution in [2.75, 3.05) is 6.61 Å². The molecular formula is C21H26O11. The monoisotopic (exact) mass is 458 g/mol. The molecule has 0 aliphatic carbocycles. The lowest BCUT2D eigenvalue weighted by atomic mass is 9.98. The van der Waals surface area contributed by atoms with Crippen LogP contribution in [0.1, 0.15) is 38.6 Å². The zero-order valence-corrected chi connectivity index (χ0v) is 17.0. The molecule has 0 saturated carbocycles. The quantitative estimate of drug-likeness (QED) is 0.433. The molecule has 1 saturated heterocycles. The third-order valence-electron chi connectivity index (χ3n) is 4.16. The summed E-state index contributed by atoms with van der Waals surface area (Å²) in [5.41, 5.74) is 0.564. The molecule has 2 rings (SSSR count). The van der Waals surface area contributed by atoms with Gasteiger partial charge in [0.1, 0.15) is 18.5 Å². The van der Waals surface area contributed by atoms with Crippen LogP contribution in [-0.2, 0) is 49.5 Å². The molecule has 11 nitrogen and oxygen atoms in total. The van der Waals surface area contributed by atoms with Gasteiger partial charge in [0.25, 0.3) is 0 Å². The van der Waals surface area contributed by atoms with Crippen LogP contribution in [-0.4, -0.2) is 66.3 Å². The van der Waals surface area contributed by atoms with Gasteiger partial charge in [0.2, 0.25) is 12.4 Å². The molecule has 0 bridgehead atoms. The Morgan fingerprint density at radius 3 is 2.00 bits per heavy atom. The molecule has 1 fully saturated rings. The van der Waals surface area contributed by atoms with Crippen molar-refractivity contribution in [3.8, 4) is 5.75 Å². The van der Waals surface area contributed by atoms with Crippen LogP contribution in [0, 0.1) is 0 Å². The van der Waals surface area contributed by atoms with E-state index in [2.05, 4.69) is 0 Å². The van der Waals surface area contributed by atoms with Crippen molar-refractivity contribution in [2.24, 2.45) is 0 Å². The number of benzene rings is 1. The van der Waals surface area contributed by atoms with Crippen molar-refractivity contribution >= 4 is 23.9 Å². The SMILES string of the molecule is [2H]CC(=O)OC[C@H]1OC(Oc2ccc(CO)cc2)[C@H](OC(=O)C[2H])[C@@H](OC(=O)C[2H])[C@H]1OC(=O)C[2H]. The van der Waals surface area contributed by atoms with Gasteiger partial charge < -0.3 is 33.5 Å². The minimum atomic E-state index is -1.64. The van der Waals surface area contributed by atoms with Crippen LogP contribution in [0.15, 0.2) is 24.3 Å². The van der Waals surface area contributed by atoms with E-state index in [0.29, 0.717) is 5.56 Å². The Morgan fingerprint density at radius 1 is 0.875 bits per heavy atom. The van der Waals surface area contributed by atoms with Gasteiger partial charge in [0.05, 0.1) is 6.61 Å². The molecule has 1 aromatic rings. The summed E-state index contributed by atoms with van der Waals surface area (Å²) in [4.78, 5) is 47.6. The van der Waals surface area contributed by atoms with Crippen LogP contribution >= 0.6 is 0 Å². The minimum absolute atomic E-state index is 0.165. The Morgan fingerprint density at radius 2 is 1.44 bits per heavy atom. The topological polar surface area (TPSA) is 144 Å². The zero-order valence-electron chi connectivity index (χ0n) is 21.0. The fraction of sp³-hybridized carbons (Fsp3) is 0.524. The molecule has 0 aromatic heterocycles. The first-order valence-electron chi connectivity index (χ1n) is 12.0. The van der Waals surface area contributed by atoms with E-state index in [-0.39, 0.29) is 12.4 Å². The fourth-order valence-electron chi connectivity index (χ4n) is 2.95. The lowest BCUT2D eigenvalue weighted by molar-refractivity contribution is -0.288. The van der Waals surface area contributed by atoms with Gasteiger partial charge in [-0.2, -0.15) is 0 Å².